The maximum absolute atomic E-state index is 14.3. The van der Waals surface area contributed by atoms with Gasteiger partial charge in [0.25, 0.3) is 5.91 Å². The molecule has 3 aromatic carbocycles. The van der Waals surface area contributed by atoms with Crippen LogP contribution in [0.5, 0.6) is 0 Å². The highest BCUT2D eigenvalue weighted by molar-refractivity contribution is 6.28. The first-order valence-corrected chi connectivity index (χ1v) is 10.3. The summed E-state index contributed by atoms with van der Waals surface area (Å²) in [6.07, 6.45) is 1.71. The molecule has 4 aromatic rings. The van der Waals surface area contributed by atoms with Gasteiger partial charge in [-0.05, 0) is 37.3 Å². The van der Waals surface area contributed by atoms with Gasteiger partial charge in [-0.3, -0.25) is 4.79 Å². The van der Waals surface area contributed by atoms with Crippen molar-refractivity contribution >= 4 is 34.6 Å². The lowest BCUT2D eigenvalue weighted by molar-refractivity contribution is -0.113. The fraction of sp³-hybridized carbons (Fsp3) is 0.0769. The molecule has 1 N–H and O–H groups in total. The van der Waals surface area contributed by atoms with Crippen molar-refractivity contribution in [2.75, 3.05) is 4.90 Å². The summed E-state index contributed by atoms with van der Waals surface area (Å²) in [6, 6.07) is 22.8. The molecule has 1 aromatic heterocycles. The summed E-state index contributed by atoms with van der Waals surface area (Å²) >= 11 is 0. The number of anilines is 1. The standard InChI is InChI=1S/C26H20FN3O2/c1-17-21(15-23-25(31)30(26(32)28-23)19-10-3-2-4-11-19)20-12-6-8-14-24(20)29(17)16-18-9-5-7-13-22(18)27/h2-15H,16H2,1H3,(H,28,32)/b23-15+. The second-order valence-corrected chi connectivity index (χ2v) is 7.66. The van der Waals surface area contributed by atoms with Gasteiger partial charge >= 0.3 is 6.03 Å². The third-order valence-corrected chi connectivity index (χ3v) is 5.75. The van der Waals surface area contributed by atoms with Crippen molar-refractivity contribution in [1.82, 2.24) is 9.88 Å². The number of amides is 3. The molecule has 3 amide bonds. The Balaban J connectivity index is 1.59. The number of halogens is 1. The van der Waals surface area contributed by atoms with Crippen LogP contribution in [-0.2, 0) is 11.3 Å². The lowest BCUT2D eigenvalue weighted by Crippen LogP contribution is -2.30. The largest absolute Gasteiger partial charge is 0.340 e. The fourth-order valence-corrected chi connectivity index (χ4v) is 4.13. The smallest absolute Gasteiger partial charge is 0.333 e. The molecule has 0 saturated carbocycles. The minimum Gasteiger partial charge on any atom is -0.340 e. The Morgan fingerprint density at radius 2 is 1.59 bits per heavy atom. The first kappa shape index (κ1) is 19.8. The molecule has 0 unspecified atom stereocenters. The highest BCUT2D eigenvalue weighted by Gasteiger charge is 2.35. The van der Waals surface area contributed by atoms with Crippen LogP contribution in [0.1, 0.15) is 16.8 Å². The molecule has 1 fully saturated rings. The van der Waals surface area contributed by atoms with Gasteiger partial charge in [-0.25, -0.2) is 14.1 Å². The number of carbonyl (C=O) groups excluding carboxylic acids is 2. The van der Waals surface area contributed by atoms with Crippen LogP contribution in [0.15, 0.2) is 84.6 Å². The van der Waals surface area contributed by atoms with Crippen molar-refractivity contribution in [2.45, 2.75) is 13.5 Å². The van der Waals surface area contributed by atoms with Gasteiger partial charge in [-0.2, -0.15) is 0 Å². The number of benzene rings is 3. The van der Waals surface area contributed by atoms with Gasteiger partial charge in [0.05, 0.1) is 12.2 Å². The van der Waals surface area contributed by atoms with Gasteiger partial charge in [0.1, 0.15) is 11.5 Å². The number of nitrogens with one attached hydrogen (secondary N) is 1. The first-order valence-electron chi connectivity index (χ1n) is 10.3. The zero-order chi connectivity index (χ0) is 22.2. The Morgan fingerprint density at radius 1 is 0.906 bits per heavy atom. The molecule has 1 aliphatic rings. The Bertz CT molecular complexity index is 1390. The third kappa shape index (κ3) is 3.26. The predicted octanol–water partition coefficient (Wildman–Crippen LogP) is 5.23. The van der Waals surface area contributed by atoms with Crippen LogP contribution in [0.25, 0.3) is 17.0 Å². The lowest BCUT2D eigenvalue weighted by Gasteiger charge is -2.11. The summed E-state index contributed by atoms with van der Waals surface area (Å²) in [4.78, 5) is 26.7. The van der Waals surface area contributed by atoms with Crippen molar-refractivity contribution in [1.29, 1.82) is 0 Å². The Labute approximate surface area is 184 Å². The molecule has 2 heterocycles. The van der Waals surface area contributed by atoms with Crippen molar-refractivity contribution in [2.24, 2.45) is 0 Å². The number of para-hydroxylation sites is 2. The molecule has 32 heavy (non-hydrogen) atoms. The van der Waals surface area contributed by atoms with Crippen LogP contribution in [0.3, 0.4) is 0 Å². The quantitative estimate of drug-likeness (QED) is 0.359. The zero-order valence-corrected chi connectivity index (χ0v) is 17.4. The van der Waals surface area contributed by atoms with E-state index < -0.39 is 11.9 Å². The van der Waals surface area contributed by atoms with E-state index in [1.54, 1.807) is 42.5 Å². The van der Waals surface area contributed by atoms with E-state index in [0.717, 1.165) is 27.1 Å². The molecule has 5 nitrogen and oxygen atoms in total. The molecule has 1 aliphatic heterocycles. The third-order valence-electron chi connectivity index (χ3n) is 5.75. The number of imide groups is 1. The van der Waals surface area contributed by atoms with E-state index in [4.69, 9.17) is 0 Å². The van der Waals surface area contributed by atoms with Gasteiger partial charge in [-0.1, -0.05) is 54.6 Å². The normalized spacial score (nSPS) is 15.1. The van der Waals surface area contributed by atoms with Gasteiger partial charge < -0.3 is 9.88 Å². The van der Waals surface area contributed by atoms with Crippen molar-refractivity contribution in [3.05, 3.63) is 107 Å². The number of hydrogen-bond donors (Lipinski definition) is 1. The van der Waals surface area contributed by atoms with Crippen LogP contribution in [0.2, 0.25) is 0 Å². The predicted molar refractivity (Wildman–Crippen MR) is 123 cm³/mol. The highest BCUT2D eigenvalue weighted by Crippen LogP contribution is 2.30. The molecule has 0 aliphatic carbocycles. The van der Waals surface area contributed by atoms with E-state index >= 15 is 0 Å². The van der Waals surface area contributed by atoms with E-state index in [0.29, 0.717) is 17.8 Å². The molecule has 0 radical (unpaired) electrons. The van der Waals surface area contributed by atoms with Gasteiger partial charge in [-0.15, -0.1) is 0 Å². The number of urea groups is 1. The summed E-state index contributed by atoms with van der Waals surface area (Å²) < 4.78 is 16.3. The van der Waals surface area contributed by atoms with Crippen LogP contribution in [0, 0.1) is 12.7 Å². The lowest BCUT2D eigenvalue weighted by atomic mass is 10.1. The number of aromatic nitrogens is 1. The average molecular weight is 425 g/mol. The molecule has 5 rings (SSSR count). The van der Waals surface area contributed by atoms with Crippen molar-refractivity contribution in [3.8, 4) is 0 Å². The SMILES string of the molecule is Cc1c(/C=C2/NC(=O)N(c3ccccc3)C2=O)c2ccccc2n1Cc1ccccc1F. The Morgan fingerprint density at radius 3 is 2.38 bits per heavy atom. The molecular weight excluding hydrogens is 405 g/mol. The second-order valence-electron chi connectivity index (χ2n) is 7.66. The summed E-state index contributed by atoms with van der Waals surface area (Å²) in [5.74, 6) is -0.673. The van der Waals surface area contributed by atoms with E-state index in [1.807, 2.05) is 47.9 Å². The van der Waals surface area contributed by atoms with Crippen LogP contribution in [0.4, 0.5) is 14.9 Å². The van der Waals surface area contributed by atoms with Gasteiger partial charge in [0.2, 0.25) is 0 Å². The van der Waals surface area contributed by atoms with Crippen molar-refractivity contribution < 1.29 is 14.0 Å². The fourth-order valence-electron chi connectivity index (χ4n) is 4.13. The molecule has 1 saturated heterocycles. The van der Waals surface area contributed by atoms with E-state index in [-0.39, 0.29) is 11.5 Å². The van der Waals surface area contributed by atoms with Gasteiger partial charge in [0, 0.05) is 27.7 Å². The topological polar surface area (TPSA) is 54.3 Å². The van der Waals surface area contributed by atoms with Crippen LogP contribution >= 0.6 is 0 Å². The number of rotatable bonds is 4. The van der Waals surface area contributed by atoms with Crippen LogP contribution < -0.4 is 10.2 Å². The Hall–Kier alpha value is -4.19. The van der Waals surface area contributed by atoms with E-state index in [1.165, 1.54) is 6.07 Å². The van der Waals surface area contributed by atoms with Crippen molar-refractivity contribution in [3.63, 3.8) is 0 Å². The zero-order valence-electron chi connectivity index (χ0n) is 17.4. The monoisotopic (exact) mass is 425 g/mol. The minimum absolute atomic E-state index is 0.204. The minimum atomic E-state index is -0.486. The molecular formula is C26H20FN3O2. The second kappa shape index (κ2) is 7.81. The Kier molecular flexibility index (Phi) is 4.82. The number of hydrogen-bond acceptors (Lipinski definition) is 2. The maximum Gasteiger partial charge on any atom is 0.333 e. The number of fused-ring (bicyclic) bond motifs is 1. The summed E-state index contributed by atoms with van der Waals surface area (Å²) in [5.41, 5.74) is 3.92. The van der Waals surface area contributed by atoms with Crippen LogP contribution in [-0.4, -0.2) is 16.5 Å². The molecule has 0 spiro atoms. The molecule has 0 bridgehead atoms. The number of carbonyl (C=O) groups is 2. The first-order chi connectivity index (χ1) is 15.5. The molecule has 6 heteroatoms. The average Bonchev–Trinajstić information content (AvgIpc) is 3.23. The summed E-state index contributed by atoms with van der Waals surface area (Å²) in [5, 5.41) is 3.62. The summed E-state index contributed by atoms with van der Waals surface area (Å²) in [7, 11) is 0. The molecule has 158 valence electrons. The van der Waals surface area contributed by atoms with E-state index in [2.05, 4.69) is 5.32 Å². The number of nitrogens with zero attached hydrogens (tertiary/aromatic N) is 2. The van der Waals surface area contributed by atoms with Gasteiger partial charge in [0.15, 0.2) is 0 Å². The molecule has 0 atom stereocenters. The highest BCUT2D eigenvalue weighted by atomic mass is 19.1. The summed E-state index contributed by atoms with van der Waals surface area (Å²) in [6.45, 7) is 2.29. The maximum atomic E-state index is 14.3. The van der Waals surface area contributed by atoms with E-state index in [9.17, 15) is 14.0 Å².